The van der Waals surface area contributed by atoms with E-state index >= 15 is 0 Å². The Balaban J connectivity index is 1.16. The van der Waals surface area contributed by atoms with E-state index in [1.807, 2.05) is 12.1 Å². The van der Waals surface area contributed by atoms with E-state index in [9.17, 15) is 22.1 Å². The summed E-state index contributed by atoms with van der Waals surface area (Å²) in [4.78, 5) is 2.96. The monoisotopic (exact) mass is 663 g/mol. The standard InChI is InChI=1S/C33H38F4N3O3PS/c1-44(2,41)24-12-13-27(29(15-24)43-21-34)38-14-4-7-30-26(16-33(35,36)37)25-5-3-6-28(31(25)45-30)39-22-8-10-23(11-9-22)40-17-32(18-40)19-42-20-32/h3,5-6,12-13,15,22-23,38-39H,8-11,14,16-21H2,1-2H3. The van der Waals surface area contributed by atoms with Crippen LogP contribution < -0.4 is 20.7 Å². The molecule has 2 saturated heterocycles. The van der Waals surface area contributed by atoms with Crippen LogP contribution in [-0.2, 0) is 15.7 Å². The second-order valence-electron chi connectivity index (χ2n) is 12.9. The lowest BCUT2D eigenvalue weighted by molar-refractivity contribution is -0.200. The second kappa shape index (κ2) is 12.8. The van der Waals surface area contributed by atoms with Crippen molar-refractivity contribution in [3.8, 4) is 17.6 Å². The molecule has 1 spiro atoms. The van der Waals surface area contributed by atoms with Gasteiger partial charge in [-0.25, -0.2) is 4.39 Å². The molecule has 1 aliphatic carbocycles. The maximum atomic E-state index is 13.7. The van der Waals surface area contributed by atoms with Crippen molar-refractivity contribution in [1.29, 1.82) is 0 Å². The molecule has 2 aromatic carbocycles. The minimum absolute atomic E-state index is 0.0944. The Morgan fingerprint density at radius 3 is 2.51 bits per heavy atom. The normalized spacial score (nSPS) is 21.5. The van der Waals surface area contributed by atoms with Crippen LogP contribution in [0, 0.1) is 17.3 Å². The molecule has 12 heteroatoms. The first-order chi connectivity index (χ1) is 21.4. The molecule has 45 heavy (non-hydrogen) atoms. The van der Waals surface area contributed by atoms with Crippen LogP contribution in [0.5, 0.6) is 5.75 Å². The van der Waals surface area contributed by atoms with Gasteiger partial charge in [0.2, 0.25) is 6.86 Å². The number of hydrogen-bond donors (Lipinski definition) is 2. The van der Waals surface area contributed by atoms with Crippen molar-refractivity contribution in [2.24, 2.45) is 5.41 Å². The molecule has 3 aliphatic rings. The largest absolute Gasteiger partial charge is 0.461 e. The van der Waals surface area contributed by atoms with E-state index in [-0.39, 0.29) is 23.9 Å². The molecule has 2 N–H and O–H groups in total. The highest BCUT2D eigenvalue weighted by Gasteiger charge is 2.50. The third kappa shape index (κ3) is 7.30. The summed E-state index contributed by atoms with van der Waals surface area (Å²) in [7, 11) is -2.58. The van der Waals surface area contributed by atoms with Crippen molar-refractivity contribution in [3.63, 3.8) is 0 Å². The lowest BCUT2D eigenvalue weighted by Gasteiger charge is -2.58. The fourth-order valence-corrected chi connectivity index (χ4v) is 8.68. The number of nitrogens with zero attached hydrogens (tertiary/aromatic N) is 1. The third-order valence-corrected chi connectivity index (χ3v) is 11.7. The molecular weight excluding hydrogens is 625 g/mol. The summed E-state index contributed by atoms with van der Waals surface area (Å²) in [5.41, 5.74) is 1.89. The van der Waals surface area contributed by atoms with Crippen LogP contribution in [0.25, 0.3) is 10.1 Å². The number of alkyl halides is 4. The van der Waals surface area contributed by atoms with Crippen LogP contribution in [-0.4, -0.2) is 76.2 Å². The van der Waals surface area contributed by atoms with Crippen LogP contribution in [0.15, 0.2) is 36.4 Å². The van der Waals surface area contributed by atoms with E-state index in [2.05, 4.69) is 27.4 Å². The Morgan fingerprint density at radius 2 is 1.87 bits per heavy atom. The summed E-state index contributed by atoms with van der Waals surface area (Å²) >= 11 is 1.28. The van der Waals surface area contributed by atoms with Gasteiger partial charge < -0.3 is 24.7 Å². The molecule has 0 atom stereocenters. The van der Waals surface area contributed by atoms with Crippen LogP contribution in [0.1, 0.15) is 36.1 Å². The molecular formula is C33H38F4N3O3PS. The van der Waals surface area contributed by atoms with E-state index < -0.39 is 26.6 Å². The minimum Gasteiger partial charge on any atom is -0.461 e. The molecule has 0 amide bonds. The highest BCUT2D eigenvalue weighted by Crippen LogP contribution is 2.43. The van der Waals surface area contributed by atoms with E-state index in [0.29, 0.717) is 32.7 Å². The van der Waals surface area contributed by atoms with Gasteiger partial charge >= 0.3 is 6.18 Å². The van der Waals surface area contributed by atoms with Gasteiger partial charge in [0.1, 0.15) is 12.9 Å². The van der Waals surface area contributed by atoms with Crippen LogP contribution in [0.2, 0.25) is 0 Å². The van der Waals surface area contributed by atoms with E-state index in [1.54, 1.807) is 31.5 Å². The average molecular weight is 664 g/mol. The SMILES string of the molecule is CP(C)(=O)c1ccc(NCC#Cc2sc3c(NC4CCC(N5CC6(COC6)C5)CC4)cccc3c2CC(F)(F)F)c(OCF)c1. The summed E-state index contributed by atoms with van der Waals surface area (Å²) in [6.45, 7) is 6.30. The molecule has 1 saturated carbocycles. The summed E-state index contributed by atoms with van der Waals surface area (Å²) in [6.07, 6.45) is -1.20. The van der Waals surface area contributed by atoms with Gasteiger partial charge in [-0.2, -0.15) is 13.2 Å². The predicted octanol–water partition coefficient (Wildman–Crippen LogP) is 7.08. The van der Waals surface area contributed by atoms with Crippen LogP contribution in [0.4, 0.5) is 28.9 Å². The van der Waals surface area contributed by atoms with Crippen LogP contribution in [0.3, 0.4) is 0 Å². The molecule has 0 bridgehead atoms. The van der Waals surface area contributed by atoms with E-state index in [4.69, 9.17) is 9.47 Å². The van der Waals surface area contributed by atoms with Crippen molar-refractivity contribution in [2.75, 3.05) is 63.7 Å². The number of ether oxygens (including phenoxy) is 2. The molecule has 242 valence electrons. The summed E-state index contributed by atoms with van der Waals surface area (Å²) in [6, 6.07) is 11.2. The summed E-state index contributed by atoms with van der Waals surface area (Å²) < 4.78 is 77.9. The first kappa shape index (κ1) is 32.2. The molecule has 3 aromatic rings. The van der Waals surface area contributed by atoms with Gasteiger partial charge in [0.15, 0.2) is 0 Å². The zero-order valence-electron chi connectivity index (χ0n) is 25.4. The Morgan fingerprint density at radius 1 is 1.11 bits per heavy atom. The first-order valence-electron chi connectivity index (χ1n) is 15.2. The Bertz CT molecular complexity index is 1640. The molecule has 6 nitrogen and oxygen atoms in total. The van der Waals surface area contributed by atoms with Gasteiger partial charge in [0.05, 0.1) is 47.1 Å². The lowest BCUT2D eigenvalue weighted by Crippen LogP contribution is -2.68. The molecule has 3 heterocycles. The van der Waals surface area contributed by atoms with Crippen molar-refractivity contribution < 1.29 is 31.6 Å². The quantitative estimate of drug-likeness (QED) is 0.145. The fraction of sp³-hybridized carbons (Fsp3) is 0.515. The second-order valence-corrected chi connectivity index (χ2v) is 17.1. The Kier molecular flexibility index (Phi) is 9.15. The summed E-state index contributed by atoms with van der Waals surface area (Å²) in [5.74, 6) is 6.10. The van der Waals surface area contributed by atoms with E-state index in [0.717, 1.165) is 62.4 Å². The maximum absolute atomic E-state index is 13.7. The van der Waals surface area contributed by atoms with Gasteiger partial charge in [-0.1, -0.05) is 24.0 Å². The van der Waals surface area contributed by atoms with Gasteiger partial charge in [-0.15, -0.1) is 11.3 Å². The zero-order chi connectivity index (χ0) is 31.8. The number of likely N-dealkylation sites (tertiary alicyclic amines) is 1. The fourth-order valence-electron chi connectivity index (χ4n) is 6.65. The van der Waals surface area contributed by atoms with Crippen molar-refractivity contribution >= 4 is 45.2 Å². The van der Waals surface area contributed by atoms with Gasteiger partial charge in [-0.05, 0) is 74.2 Å². The maximum Gasteiger partial charge on any atom is 0.393 e. The van der Waals surface area contributed by atoms with Gasteiger partial charge in [-0.3, -0.25) is 4.90 Å². The average Bonchev–Trinajstić information content (AvgIpc) is 3.27. The number of halogens is 4. The molecule has 0 unspecified atom stereocenters. The number of fused-ring (bicyclic) bond motifs is 1. The Labute approximate surface area is 265 Å². The number of rotatable bonds is 9. The third-order valence-electron chi connectivity index (χ3n) is 9.03. The van der Waals surface area contributed by atoms with Crippen LogP contribution >= 0.6 is 18.5 Å². The number of hydrogen-bond acceptors (Lipinski definition) is 7. The molecule has 6 rings (SSSR count). The molecule has 0 radical (unpaired) electrons. The number of anilines is 2. The highest BCUT2D eigenvalue weighted by molar-refractivity contribution is 7.70. The molecule has 2 aliphatic heterocycles. The Hall–Kier alpha value is -2.77. The van der Waals surface area contributed by atoms with Crippen molar-refractivity contribution in [2.45, 2.75) is 50.4 Å². The number of thiophene rings is 1. The van der Waals surface area contributed by atoms with Crippen molar-refractivity contribution in [3.05, 3.63) is 46.8 Å². The molecule has 3 fully saturated rings. The lowest BCUT2D eigenvalue weighted by atomic mass is 9.75. The van der Waals surface area contributed by atoms with Gasteiger partial charge in [0.25, 0.3) is 0 Å². The van der Waals surface area contributed by atoms with E-state index in [1.165, 1.54) is 17.4 Å². The topological polar surface area (TPSA) is 62.8 Å². The highest BCUT2D eigenvalue weighted by atomic mass is 32.1. The van der Waals surface area contributed by atoms with Crippen molar-refractivity contribution in [1.82, 2.24) is 4.90 Å². The summed E-state index contributed by atoms with van der Waals surface area (Å²) in [5, 5.41) is 7.82. The predicted molar refractivity (Wildman–Crippen MR) is 174 cm³/mol. The smallest absolute Gasteiger partial charge is 0.393 e. The number of benzene rings is 2. The zero-order valence-corrected chi connectivity index (χ0v) is 27.1. The minimum atomic E-state index is -4.39. The first-order valence-corrected chi connectivity index (χ1v) is 18.7. The molecule has 1 aromatic heterocycles. The van der Waals surface area contributed by atoms with Gasteiger partial charge in [0, 0.05) is 35.9 Å². The number of nitrogens with one attached hydrogen (secondary N) is 2.